The minimum atomic E-state index is 0.719. The van der Waals surface area contributed by atoms with Crippen molar-refractivity contribution < 1.29 is 4.74 Å². The molecule has 0 unspecified atom stereocenters. The number of nitrogens with zero attached hydrogens (tertiary/aromatic N) is 4. The molecule has 0 bridgehead atoms. The number of thioether (sulfide) groups is 2. The molecule has 0 aliphatic carbocycles. The Morgan fingerprint density at radius 1 is 0.741 bits per heavy atom. The van der Waals surface area contributed by atoms with Gasteiger partial charge in [-0.2, -0.15) is 0 Å². The second-order valence-electron chi connectivity index (χ2n) is 6.19. The predicted molar refractivity (Wildman–Crippen MR) is 114 cm³/mol. The van der Waals surface area contributed by atoms with E-state index in [0.717, 1.165) is 46.1 Å². The van der Waals surface area contributed by atoms with Crippen molar-refractivity contribution in [3.63, 3.8) is 0 Å². The summed E-state index contributed by atoms with van der Waals surface area (Å²) < 4.78 is 10.1. The zero-order chi connectivity index (χ0) is 18.6. The van der Waals surface area contributed by atoms with Crippen LogP contribution in [0.2, 0.25) is 0 Å². The van der Waals surface area contributed by atoms with Crippen LogP contribution in [0.25, 0.3) is 22.1 Å². The van der Waals surface area contributed by atoms with Crippen LogP contribution < -0.4 is 0 Å². The van der Waals surface area contributed by atoms with Crippen molar-refractivity contribution in [1.29, 1.82) is 0 Å². The first-order valence-corrected chi connectivity index (χ1v) is 10.9. The van der Waals surface area contributed by atoms with Crippen LogP contribution in [0.5, 0.6) is 0 Å². The van der Waals surface area contributed by atoms with Crippen molar-refractivity contribution >= 4 is 45.6 Å². The van der Waals surface area contributed by atoms with Gasteiger partial charge in [0.2, 0.25) is 0 Å². The highest BCUT2D eigenvalue weighted by atomic mass is 32.2. The number of fused-ring (bicyclic) bond motifs is 2. The molecule has 0 amide bonds. The third kappa shape index (κ3) is 4.00. The van der Waals surface area contributed by atoms with Crippen LogP contribution >= 0.6 is 23.5 Å². The molecule has 140 valence electrons. The third-order valence-corrected chi connectivity index (χ3v) is 6.40. The van der Waals surface area contributed by atoms with E-state index in [1.54, 1.807) is 23.5 Å². The Bertz CT molecular complexity index is 973. The maximum Gasteiger partial charge on any atom is 0.168 e. The molecule has 0 N–H and O–H groups in total. The van der Waals surface area contributed by atoms with Crippen LogP contribution in [0.15, 0.2) is 58.8 Å². The summed E-state index contributed by atoms with van der Waals surface area (Å²) in [4.78, 5) is 9.34. The molecule has 0 radical (unpaired) electrons. The Morgan fingerprint density at radius 2 is 1.19 bits per heavy atom. The molecule has 0 fully saturated rings. The summed E-state index contributed by atoms with van der Waals surface area (Å²) >= 11 is 3.47. The molecule has 2 aromatic carbocycles. The van der Waals surface area contributed by atoms with Crippen molar-refractivity contribution in [3.05, 3.63) is 48.5 Å². The SMILES string of the molecule is Cn1c(SCCOCCSc2nc3ccccc3n2C)nc2ccccc21. The van der Waals surface area contributed by atoms with E-state index >= 15 is 0 Å². The van der Waals surface area contributed by atoms with Crippen LogP contribution in [0.1, 0.15) is 0 Å². The quantitative estimate of drug-likeness (QED) is 0.326. The molecule has 27 heavy (non-hydrogen) atoms. The Hall–Kier alpha value is -1.96. The smallest absolute Gasteiger partial charge is 0.168 e. The largest absolute Gasteiger partial charge is 0.380 e. The van der Waals surface area contributed by atoms with Gasteiger partial charge in [0.25, 0.3) is 0 Å². The van der Waals surface area contributed by atoms with Crippen molar-refractivity contribution in [2.24, 2.45) is 14.1 Å². The van der Waals surface area contributed by atoms with E-state index in [4.69, 9.17) is 4.74 Å². The number of para-hydroxylation sites is 4. The van der Waals surface area contributed by atoms with Gasteiger partial charge in [-0.25, -0.2) is 9.97 Å². The third-order valence-electron chi connectivity index (χ3n) is 4.41. The maximum absolute atomic E-state index is 5.79. The van der Waals surface area contributed by atoms with Crippen LogP contribution in [0.3, 0.4) is 0 Å². The number of ether oxygens (including phenoxy) is 1. The lowest BCUT2D eigenvalue weighted by Crippen LogP contribution is -2.03. The number of rotatable bonds is 8. The maximum atomic E-state index is 5.79. The normalized spacial score (nSPS) is 11.6. The summed E-state index contributed by atoms with van der Waals surface area (Å²) in [6, 6.07) is 16.4. The van der Waals surface area contributed by atoms with Crippen LogP contribution in [-0.4, -0.2) is 43.8 Å². The highest BCUT2D eigenvalue weighted by Gasteiger charge is 2.08. The lowest BCUT2D eigenvalue weighted by molar-refractivity contribution is 0.167. The lowest BCUT2D eigenvalue weighted by atomic mass is 10.3. The fraction of sp³-hybridized carbons (Fsp3) is 0.300. The second-order valence-corrected chi connectivity index (χ2v) is 8.32. The molecule has 0 saturated heterocycles. The van der Waals surface area contributed by atoms with Crippen LogP contribution in [-0.2, 0) is 18.8 Å². The molecule has 2 aromatic heterocycles. The molecule has 4 rings (SSSR count). The summed E-state index contributed by atoms with van der Waals surface area (Å²) in [5.74, 6) is 1.79. The average molecular weight is 399 g/mol. The number of aromatic nitrogens is 4. The monoisotopic (exact) mass is 398 g/mol. The van der Waals surface area contributed by atoms with Crippen molar-refractivity contribution in [2.75, 3.05) is 24.7 Å². The van der Waals surface area contributed by atoms with Gasteiger partial charge in [0.1, 0.15) is 0 Å². The molecule has 4 aromatic rings. The van der Waals surface area contributed by atoms with Crippen molar-refractivity contribution in [2.45, 2.75) is 10.3 Å². The molecule has 5 nitrogen and oxygen atoms in total. The molecule has 0 saturated carbocycles. The van der Waals surface area contributed by atoms with Gasteiger partial charge < -0.3 is 13.9 Å². The number of benzene rings is 2. The van der Waals surface area contributed by atoms with Gasteiger partial charge in [0.05, 0.1) is 35.3 Å². The Morgan fingerprint density at radius 3 is 1.63 bits per heavy atom. The van der Waals surface area contributed by atoms with Gasteiger partial charge in [0.15, 0.2) is 10.3 Å². The molecule has 7 heteroatoms. The molecular formula is C20H22N4OS2. The Balaban J connectivity index is 1.20. The zero-order valence-electron chi connectivity index (χ0n) is 15.5. The average Bonchev–Trinajstić information content (AvgIpc) is 3.19. The highest BCUT2D eigenvalue weighted by molar-refractivity contribution is 7.99. The molecule has 2 heterocycles. The van der Waals surface area contributed by atoms with Crippen LogP contribution in [0, 0.1) is 0 Å². The molecule has 0 atom stereocenters. The molecule has 0 aliphatic rings. The number of imidazole rings is 2. The summed E-state index contributed by atoms with van der Waals surface area (Å²) in [5, 5.41) is 2.07. The van der Waals surface area contributed by atoms with Gasteiger partial charge in [-0.3, -0.25) is 0 Å². The van der Waals surface area contributed by atoms with Gasteiger partial charge >= 0.3 is 0 Å². The first-order valence-electron chi connectivity index (χ1n) is 8.90. The lowest BCUT2D eigenvalue weighted by Gasteiger charge is -2.05. The van der Waals surface area contributed by atoms with E-state index in [0.29, 0.717) is 0 Å². The molecule has 0 spiro atoms. The summed E-state index contributed by atoms with van der Waals surface area (Å²) in [6.07, 6.45) is 0. The van der Waals surface area contributed by atoms with Gasteiger partial charge in [-0.05, 0) is 24.3 Å². The summed E-state index contributed by atoms with van der Waals surface area (Å²) in [5.41, 5.74) is 4.42. The van der Waals surface area contributed by atoms with Crippen LogP contribution in [0.4, 0.5) is 0 Å². The van der Waals surface area contributed by atoms with Gasteiger partial charge in [-0.15, -0.1) is 0 Å². The zero-order valence-corrected chi connectivity index (χ0v) is 17.1. The predicted octanol–water partition coefficient (Wildman–Crippen LogP) is 4.36. The second kappa shape index (κ2) is 8.37. The van der Waals surface area contributed by atoms with E-state index in [9.17, 15) is 0 Å². The van der Waals surface area contributed by atoms with Gasteiger partial charge in [-0.1, -0.05) is 47.8 Å². The minimum absolute atomic E-state index is 0.719. The van der Waals surface area contributed by atoms with E-state index in [1.807, 2.05) is 36.4 Å². The molecular weight excluding hydrogens is 376 g/mol. The molecule has 0 aliphatic heterocycles. The number of hydrogen-bond acceptors (Lipinski definition) is 5. The van der Waals surface area contributed by atoms with Gasteiger partial charge in [0, 0.05) is 25.6 Å². The number of hydrogen-bond donors (Lipinski definition) is 0. The van der Waals surface area contributed by atoms with E-state index < -0.39 is 0 Å². The van der Waals surface area contributed by atoms with Crippen molar-refractivity contribution in [1.82, 2.24) is 19.1 Å². The topological polar surface area (TPSA) is 44.9 Å². The fourth-order valence-corrected chi connectivity index (χ4v) is 4.67. The number of aryl methyl sites for hydroxylation is 2. The minimum Gasteiger partial charge on any atom is -0.380 e. The summed E-state index contributed by atoms with van der Waals surface area (Å²) in [6.45, 7) is 1.44. The standard InChI is InChI=1S/C20H22N4OS2/c1-23-17-9-5-3-7-15(17)21-19(23)26-13-11-25-12-14-27-20-22-16-8-4-6-10-18(16)24(20)2/h3-10H,11-14H2,1-2H3. The highest BCUT2D eigenvalue weighted by Crippen LogP contribution is 2.23. The first-order chi connectivity index (χ1) is 13.2. The van der Waals surface area contributed by atoms with E-state index in [1.165, 1.54) is 11.0 Å². The van der Waals surface area contributed by atoms with Crippen molar-refractivity contribution in [3.8, 4) is 0 Å². The first kappa shape index (κ1) is 18.4. The van der Waals surface area contributed by atoms with E-state index in [2.05, 4.69) is 45.3 Å². The Kier molecular flexibility index (Phi) is 5.71. The summed E-state index contributed by atoms with van der Waals surface area (Å²) in [7, 11) is 4.12. The van der Waals surface area contributed by atoms with E-state index in [-0.39, 0.29) is 0 Å². The fourth-order valence-electron chi connectivity index (χ4n) is 2.99. The Labute approximate surface area is 167 Å².